The normalized spacial score (nSPS) is 22.6. The Bertz CT molecular complexity index is 2050. The van der Waals surface area contributed by atoms with E-state index in [9.17, 15) is 18.8 Å². The highest BCUT2D eigenvalue weighted by Gasteiger charge is 2.31. The van der Waals surface area contributed by atoms with E-state index in [0.29, 0.717) is 57.4 Å². The highest BCUT2D eigenvalue weighted by atomic mass is 35.5. The van der Waals surface area contributed by atoms with Gasteiger partial charge >= 0.3 is 0 Å². The first kappa shape index (κ1) is 39.4. The van der Waals surface area contributed by atoms with Crippen LogP contribution in [0, 0.1) is 11.7 Å². The van der Waals surface area contributed by atoms with Crippen molar-refractivity contribution >= 4 is 51.6 Å². The number of hydrogen-bond donors (Lipinski definition) is 2. The smallest absolute Gasteiger partial charge is 0.256 e. The number of benzene rings is 2. The Labute approximate surface area is 341 Å². The Morgan fingerprint density at radius 2 is 1.70 bits per heavy atom. The molecule has 3 aliphatic heterocycles. The maximum Gasteiger partial charge on any atom is 0.256 e. The summed E-state index contributed by atoms with van der Waals surface area (Å²) in [6.07, 6.45) is 9.33. The number of rotatable bonds is 11. The molecule has 4 aromatic rings. The SMILES string of the molecule is O=C1CC[C@@H](c2cccc(OC3CCC(CN4CCC(c5cc(CN6CCN(C(=O)c7cccc(Cl)c7F)CC6)nc(Nc6nccs6)c5)CC4)CC3)c2)C(=O)N1. The fourth-order valence-corrected chi connectivity index (χ4v) is 9.53. The summed E-state index contributed by atoms with van der Waals surface area (Å²) in [6.45, 7) is 6.23. The van der Waals surface area contributed by atoms with Crippen LogP contribution in [0.2, 0.25) is 5.02 Å². The molecule has 0 bridgehead atoms. The van der Waals surface area contributed by atoms with E-state index in [1.807, 2.05) is 29.6 Å². The number of likely N-dealkylation sites (tertiary alicyclic amines) is 1. The van der Waals surface area contributed by atoms with Crippen LogP contribution in [-0.4, -0.2) is 94.3 Å². The number of amides is 3. The van der Waals surface area contributed by atoms with Gasteiger partial charge in [0, 0.05) is 57.3 Å². The lowest BCUT2D eigenvalue weighted by atomic mass is 9.85. The van der Waals surface area contributed by atoms with Crippen molar-refractivity contribution in [1.29, 1.82) is 0 Å². The zero-order valence-corrected chi connectivity index (χ0v) is 33.6. The third-order valence-corrected chi connectivity index (χ3v) is 12.9. The van der Waals surface area contributed by atoms with Crippen molar-refractivity contribution < 1.29 is 23.5 Å². The van der Waals surface area contributed by atoms with E-state index in [0.717, 1.165) is 86.1 Å². The molecule has 11 nitrogen and oxygen atoms in total. The van der Waals surface area contributed by atoms with Gasteiger partial charge in [-0.15, -0.1) is 11.3 Å². The van der Waals surface area contributed by atoms with E-state index in [4.69, 9.17) is 21.3 Å². The van der Waals surface area contributed by atoms with Crippen LogP contribution in [0.25, 0.3) is 0 Å². The van der Waals surface area contributed by atoms with Crippen molar-refractivity contribution in [3.8, 4) is 5.75 Å². The molecule has 1 saturated carbocycles. The predicted molar refractivity (Wildman–Crippen MR) is 219 cm³/mol. The summed E-state index contributed by atoms with van der Waals surface area (Å²) in [5.41, 5.74) is 3.20. The number of hydrogen-bond acceptors (Lipinski definition) is 10. The molecule has 0 spiro atoms. The number of piperidine rings is 2. The molecule has 300 valence electrons. The lowest BCUT2D eigenvalue weighted by molar-refractivity contribution is -0.134. The number of carbonyl (C=O) groups excluding carboxylic acids is 3. The molecule has 14 heteroatoms. The second-order valence-corrected chi connectivity index (χ2v) is 17.1. The Hall–Kier alpha value is -4.43. The van der Waals surface area contributed by atoms with E-state index in [2.05, 4.69) is 37.6 Å². The second-order valence-electron chi connectivity index (χ2n) is 15.8. The Morgan fingerprint density at radius 1 is 0.912 bits per heavy atom. The van der Waals surface area contributed by atoms with Gasteiger partial charge in [-0.2, -0.15) is 0 Å². The maximum atomic E-state index is 14.6. The van der Waals surface area contributed by atoms with Crippen molar-refractivity contribution in [2.45, 2.75) is 75.9 Å². The molecule has 1 aliphatic carbocycles. The minimum atomic E-state index is -0.666. The zero-order chi connectivity index (χ0) is 39.3. The molecule has 4 aliphatic rings. The van der Waals surface area contributed by atoms with E-state index < -0.39 is 5.82 Å². The molecule has 3 amide bonds. The van der Waals surface area contributed by atoms with Crippen LogP contribution >= 0.6 is 22.9 Å². The summed E-state index contributed by atoms with van der Waals surface area (Å²) in [5, 5.41) is 8.60. The maximum absolute atomic E-state index is 14.6. The fraction of sp³-hybridized carbons (Fsp3) is 0.465. The summed E-state index contributed by atoms with van der Waals surface area (Å²) in [6, 6.07) is 16.8. The molecule has 3 saturated heterocycles. The summed E-state index contributed by atoms with van der Waals surface area (Å²) >= 11 is 7.49. The molecule has 2 aromatic carbocycles. The van der Waals surface area contributed by atoms with Crippen LogP contribution < -0.4 is 15.4 Å². The van der Waals surface area contributed by atoms with Crippen molar-refractivity contribution in [2.75, 3.05) is 51.1 Å². The van der Waals surface area contributed by atoms with Crippen LogP contribution in [0.15, 0.2) is 66.2 Å². The fourth-order valence-electron chi connectivity index (χ4n) is 8.82. The molecule has 0 radical (unpaired) electrons. The van der Waals surface area contributed by atoms with Crippen LogP contribution in [0.3, 0.4) is 0 Å². The quantitative estimate of drug-likeness (QED) is 0.150. The first-order valence-corrected chi connectivity index (χ1v) is 21.5. The largest absolute Gasteiger partial charge is 0.490 e. The third kappa shape index (κ3) is 9.82. The number of pyridine rings is 1. The van der Waals surface area contributed by atoms with Gasteiger partial charge in [0.1, 0.15) is 11.6 Å². The van der Waals surface area contributed by atoms with Gasteiger partial charge in [-0.1, -0.05) is 29.8 Å². The van der Waals surface area contributed by atoms with E-state index in [1.165, 1.54) is 17.7 Å². The zero-order valence-electron chi connectivity index (χ0n) is 32.0. The van der Waals surface area contributed by atoms with Gasteiger partial charge in [0.2, 0.25) is 11.8 Å². The molecule has 2 aromatic heterocycles. The highest BCUT2D eigenvalue weighted by Crippen LogP contribution is 2.35. The molecule has 4 fully saturated rings. The molecule has 1 atom stereocenters. The Kier molecular flexibility index (Phi) is 12.4. The van der Waals surface area contributed by atoms with E-state index >= 15 is 0 Å². The topological polar surface area (TPSA) is 120 Å². The highest BCUT2D eigenvalue weighted by molar-refractivity contribution is 7.13. The minimum Gasteiger partial charge on any atom is -0.490 e. The number of thiazole rings is 1. The number of imide groups is 1. The lowest BCUT2D eigenvalue weighted by Gasteiger charge is -2.37. The Morgan fingerprint density at radius 3 is 2.46 bits per heavy atom. The second kappa shape index (κ2) is 18.0. The van der Waals surface area contributed by atoms with Crippen molar-refractivity contribution in [2.24, 2.45) is 5.92 Å². The number of aromatic nitrogens is 2. The van der Waals surface area contributed by atoms with Gasteiger partial charge in [-0.3, -0.25) is 24.6 Å². The predicted octanol–water partition coefficient (Wildman–Crippen LogP) is 7.37. The van der Waals surface area contributed by atoms with Crippen LogP contribution in [0.4, 0.5) is 15.3 Å². The molecule has 57 heavy (non-hydrogen) atoms. The van der Waals surface area contributed by atoms with Gasteiger partial charge in [-0.25, -0.2) is 14.4 Å². The molecular formula is C43H49ClFN7O4S. The number of halogens is 2. The number of nitrogens with zero attached hydrogens (tertiary/aromatic N) is 5. The molecule has 2 N–H and O–H groups in total. The average molecular weight is 814 g/mol. The van der Waals surface area contributed by atoms with Crippen LogP contribution in [-0.2, 0) is 16.1 Å². The van der Waals surface area contributed by atoms with Gasteiger partial charge < -0.3 is 19.9 Å². The molecular weight excluding hydrogens is 765 g/mol. The van der Waals surface area contributed by atoms with Crippen molar-refractivity contribution in [1.82, 2.24) is 30.0 Å². The third-order valence-electron chi connectivity index (χ3n) is 12.0. The van der Waals surface area contributed by atoms with E-state index in [1.54, 1.807) is 28.5 Å². The van der Waals surface area contributed by atoms with Crippen LogP contribution in [0.1, 0.15) is 90.4 Å². The van der Waals surface area contributed by atoms with Crippen molar-refractivity contribution in [3.63, 3.8) is 0 Å². The lowest BCUT2D eigenvalue weighted by Crippen LogP contribution is -2.48. The summed E-state index contributed by atoms with van der Waals surface area (Å²) in [4.78, 5) is 53.2. The number of anilines is 2. The monoisotopic (exact) mass is 813 g/mol. The van der Waals surface area contributed by atoms with Gasteiger partial charge in [-0.05, 0) is 117 Å². The number of ether oxygens (including phenoxy) is 1. The standard InChI is InChI=1S/C43H49ClFN7O4S/c44-37-6-2-5-36(40(37)45)42(55)52-20-18-51(19-21-52)27-32-23-31(25-38(47-32)48-43-46-15-22-57-43)29-13-16-50(17-14-29)26-28-7-9-33(10-8-28)56-34-4-1-3-30(24-34)35-11-12-39(53)49-41(35)54/h1-6,15,22-25,28-29,33,35H,7-14,16-21,26-27H2,(H,46,47,48)(H,49,53,54)/t28?,33?,35-/m0/s1. The van der Waals surface area contributed by atoms with Crippen molar-refractivity contribution in [3.05, 3.63) is 99.4 Å². The first-order valence-electron chi connectivity index (χ1n) is 20.2. The van der Waals surface area contributed by atoms with Crippen LogP contribution in [0.5, 0.6) is 5.75 Å². The van der Waals surface area contributed by atoms with Gasteiger partial charge in [0.05, 0.1) is 28.3 Å². The molecule has 5 heterocycles. The van der Waals surface area contributed by atoms with Gasteiger partial charge in [0.25, 0.3) is 5.91 Å². The number of carbonyl (C=O) groups is 3. The Balaban J connectivity index is 0.826. The molecule has 0 unspecified atom stereocenters. The summed E-state index contributed by atoms with van der Waals surface area (Å²) in [7, 11) is 0. The number of nitrogens with one attached hydrogen (secondary N) is 2. The van der Waals surface area contributed by atoms with E-state index in [-0.39, 0.29) is 40.3 Å². The average Bonchev–Trinajstić information content (AvgIpc) is 3.73. The first-order chi connectivity index (χ1) is 27.7. The minimum absolute atomic E-state index is 0.0137. The number of piperazine rings is 1. The molecule has 8 rings (SSSR count). The summed E-state index contributed by atoms with van der Waals surface area (Å²) < 4.78 is 21.0. The summed E-state index contributed by atoms with van der Waals surface area (Å²) in [5.74, 6) is 0.956. The van der Waals surface area contributed by atoms with Gasteiger partial charge in [0.15, 0.2) is 10.9 Å².